The Kier molecular flexibility index (Phi) is 5.14. The highest BCUT2D eigenvalue weighted by atomic mass is 16.5. The Morgan fingerprint density at radius 1 is 1.38 bits per heavy atom. The summed E-state index contributed by atoms with van der Waals surface area (Å²) < 4.78 is 5.13. The van der Waals surface area contributed by atoms with Crippen LogP contribution in [0.1, 0.15) is 32.4 Å². The van der Waals surface area contributed by atoms with Gasteiger partial charge in [0, 0.05) is 44.3 Å². The van der Waals surface area contributed by atoms with E-state index in [9.17, 15) is 4.79 Å². The van der Waals surface area contributed by atoms with Crippen LogP contribution in [0.5, 0.6) is 0 Å². The summed E-state index contributed by atoms with van der Waals surface area (Å²) in [6.45, 7) is 5.95. The van der Waals surface area contributed by atoms with Crippen LogP contribution in [0, 0.1) is 11.8 Å². The first-order valence-corrected chi connectivity index (χ1v) is 8.57. The number of anilines is 1. The second kappa shape index (κ2) is 7.30. The normalized spacial score (nSPS) is 23.2. The molecular formula is C18H26N4O2. The quantitative estimate of drug-likeness (QED) is 0.810. The maximum atomic E-state index is 12.4. The number of aromatic nitrogens is 2. The summed E-state index contributed by atoms with van der Waals surface area (Å²) in [5.41, 5.74) is 1.90. The number of hydrogen-bond acceptors (Lipinski definition) is 5. The molecule has 1 aromatic heterocycles. The van der Waals surface area contributed by atoms with Crippen LogP contribution in [0.15, 0.2) is 24.0 Å². The highest BCUT2D eigenvalue weighted by molar-refractivity contribution is 5.88. The molecule has 1 aliphatic heterocycles. The van der Waals surface area contributed by atoms with Gasteiger partial charge in [0.15, 0.2) is 0 Å². The number of hydrogen-bond donors (Lipinski definition) is 1. The van der Waals surface area contributed by atoms with Crippen molar-refractivity contribution in [2.45, 2.75) is 39.3 Å². The van der Waals surface area contributed by atoms with Crippen molar-refractivity contribution < 1.29 is 9.53 Å². The number of ether oxygens (including phenoxy) is 1. The lowest BCUT2D eigenvalue weighted by molar-refractivity contribution is -0.125. The van der Waals surface area contributed by atoms with E-state index < -0.39 is 0 Å². The van der Waals surface area contributed by atoms with Gasteiger partial charge in [-0.1, -0.05) is 5.57 Å². The number of likely N-dealkylation sites (tertiary alicyclic amines) is 1. The van der Waals surface area contributed by atoms with Crippen molar-refractivity contribution in [3.8, 4) is 0 Å². The molecule has 2 aliphatic rings. The van der Waals surface area contributed by atoms with Gasteiger partial charge >= 0.3 is 0 Å². The summed E-state index contributed by atoms with van der Waals surface area (Å²) in [4.78, 5) is 22.8. The lowest BCUT2D eigenvalue weighted by Crippen LogP contribution is -2.31. The molecule has 6 nitrogen and oxygen atoms in total. The summed E-state index contributed by atoms with van der Waals surface area (Å²) in [5.74, 6) is 2.16. The fourth-order valence-electron chi connectivity index (χ4n) is 3.40. The predicted octanol–water partition coefficient (Wildman–Crippen LogP) is 2.24. The third-order valence-corrected chi connectivity index (χ3v) is 4.67. The first-order chi connectivity index (χ1) is 11.6. The lowest BCUT2D eigenvalue weighted by Gasteiger charge is -2.19. The zero-order chi connectivity index (χ0) is 17.1. The van der Waals surface area contributed by atoms with Crippen molar-refractivity contribution in [3.05, 3.63) is 29.7 Å². The van der Waals surface area contributed by atoms with Crippen LogP contribution in [0.2, 0.25) is 0 Å². The Morgan fingerprint density at radius 2 is 2.17 bits per heavy atom. The molecule has 130 valence electrons. The van der Waals surface area contributed by atoms with Crippen LogP contribution in [0.25, 0.3) is 0 Å². The van der Waals surface area contributed by atoms with E-state index >= 15 is 0 Å². The number of methoxy groups -OCH3 is 1. The molecule has 0 aromatic carbocycles. The van der Waals surface area contributed by atoms with Crippen molar-refractivity contribution in [2.75, 3.05) is 25.5 Å². The van der Waals surface area contributed by atoms with E-state index in [4.69, 9.17) is 4.74 Å². The molecule has 2 fully saturated rings. The number of allylic oxidation sites excluding steroid dienone is 1. The van der Waals surface area contributed by atoms with Crippen LogP contribution in [-0.4, -0.2) is 47.0 Å². The van der Waals surface area contributed by atoms with Crippen molar-refractivity contribution in [3.63, 3.8) is 0 Å². The van der Waals surface area contributed by atoms with Crippen molar-refractivity contribution >= 4 is 11.7 Å². The van der Waals surface area contributed by atoms with Gasteiger partial charge in [-0.2, -0.15) is 0 Å². The molecule has 0 radical (unpaired) electrons. The number of rotatable bonds is 6. The number of carbonyl (C=O) groups is 1. The van der Waals surface area contributed by atoms with Crippen molar-refractivity contribution in [1.82, 2.24) is 14.9 Å². The molecular weight excluding hydrogens is 304 g/mol. The second-order valence-electron chi connectivity index (χ2n) is 7.04. The number of nitrogens with zero attached hydrogens (tertiary/aromatic N) is 3. The molecule has 2 heterocycles. The molecule has 24 heavy (non-hydrogen) atoms. The Balaban J connectivity index is 1.70. The minimum absolute atomic E-state index is 0.118. The van der Waals surface area contributed by atoms with E-state index in [-0.39, 0.29) is 11.9 Å². The van der Waals surface area contributed by atoms with Gasteiger partial charge in [-0.3, -0.25) is 4.79 Å². The van der Waals surface area contributed by atoms with Crippen LogP contribution in [0.3, 0.4) is 0 Å². The third-order valence-electron chi connectivity index (χ3n) is 4.67. The first-order valence-electron chi connectivity index (χ1n) is 8.57. The maximum Gasteiger partial charge on any atom is 0.246 e. The summed E-state index contributed by atoms with van der Waals surface area (Å²) in [6, 6.07) is 2.17. The van der Waals surface area contributed by atoms with Gasteiger partial charge in [0.05, 0.1) is 12.3 Å². The standard InChI is InChI=1S/C18H26N4O2/c1-12(2)6-18(23)22-8-15(13-4-5-13)16(9-22)21-17-7-14(10-24-3)19-11-20-17/h6-7,11,13,15-16H,4-5,8-10H2,1-3H3,(H,19,20,21)/t15-,16+/m0/s1. The van der Waals surface area contributed by atoms with Crippen LogP contribution < -0.4 is 5.32 Å². The van der Waals surface area contributed by atoms with Crippen molar-refractivity contribution in [2.24, 2.45) is 11.8 Å². The monoisotopic (exact) mass is 330 g/mol. The molecule has 6 heteroatoms. The Labute approximate surface area is 143 Å². The van der Waals surface area contributed by atoms with Crippen molar-refractivity contribution in [1.29, 1.82) is 0 Å². The van der Waals surface area contributed by atoms with Gasteiger partial charge in [0.1, 0.15) is 12.1 Å². The highest BCUT2D eigenvalue weighted by Gasteiger charge is 2.43. The highest BCUT2D eigenvalue weighted by Crippen LogP contribution is 2.42. The Hall–Kier alpha value is -1.95. The second-order valence-corrected chi connectivity index (χ2v) is 7.04. The molecule has 1 N–H and O–H groups in total. The van der Waals surface area contributed by atoms with Crippen LogP contribution >= 0.6 is 0 Å². The van der Waals surface area contributed by atoms with Gasteiger partial charge < -0.3 is 15.0 Å². The van der Waals surface area contributed by atoms with E-state index in [2.05, 4.69) is 15.3 Å². The predicted molar refractivity (Wildman–Crippen MR) is 92.4 cm³/mol. The van der Waals surface area contributed by atoms with Gasteiger partial charge in [0.2, 0.25) is 5.91 Å². The molecule has 2 atom stereocenters. The third kappa shape index (κ3) is 4.12. The number of nitrogens with one attached hydrogen (secondary N) is 1. The molecule has 0 bridgehead atoms. The fourth-order valence-corrected chi connectivity index (χ4v) is 3.40. The Bertz CT molecular complexity index is 623. The van der Waals surface area contributed by atoms with E-state index in [1.165, 1.54) is 12.8 Å². The van der Waals surface area contributed by atoms with E-state index in [1.54, 1.807) is 19.5 Å². The maximum absolute atomic E-state index is 12.4. The molecule has 1 aliphatic carbocycles. The minimum atomic E-state index is 0.118. The molecule has 0 spiro atoms. The zero-order valence-electron chi connectivity index (χ0n) is 14.7. The van der Waals surface area contributed by atoms with Gasteiger partial charge in [-0.15, -0.1) is 0 Å². The average Bonchev–Trinajstić information content (AvgIpc) is 3.28. The van der Waals surface area contributed by atoms with Gasteiger partial charge in [-0.25, -0.2) is 9.97 Å². The molecule has 1 saturated heterocycles. The van der Waals surface area contributed by atoms with E-state index in [0.29, 0.717) is 12.5 Å². The summed E-state index contributed by atoms with van der Waals surface area (Å²) in [7, 11) is 1.65. The van der Waals surface area contributed by atoms with Crippen LogP contribution in [-0.2, 0) is 16.1 Å². The minimum Gasteiger partial charge on any atom is -0.378 e. The SMILES string of the molecule is COCc1cc(N[C@@H]2CN(C(=O)C=C(C)C)C[C@H]2C2CC2)ncn1. The Morgan fingerprint density at radius 3 is 2.83 bits per heavy atom. The summed E-state index contributed by atoms with van der Waals surface area (Å²) in [6.07, 6.45) is 5.83. The number of amides is 1. The van der Waals surface area contributed by atoms with Gasteiger partial charge in [-0.05, 0) is 32.6 Å². The van der Waals surface area contributed by atoms with E-state index in [1.807, 2.05) is 24.8 Å². The molecule has 1 saturated carbocycles. The fraction of sp³-hybridized carbons (Fsp3) is 0.611. The average molecular weight is 330 g/mol. The lowest BCUT2D eigenvalue weighted by atomic mass is 9.98. The summed E-state index contributed by atoms with van der Waals surface area (Å²) in [5, 5.41) is 3.53. The number of carbonyl (C=O) groups excluding carboxylic acids is 1. The first kappa shape index (κ1) is 16.9. The zero-order valence-corrected chi connectivity index (χ0v) is 14.7. The molecule has 1 amide bonds. The summed E-state index contributed by atoms with van der Waals surface area (Å²) >= 11 is 0. The largest absolute Gasteiger partial charge is 0.378 e. The molecule has 0 unspecified atom stereocenters. The molecule has 3 rings (SSSR count). The van der Waals surface area contributed by atoms with Crippen LogP contribution in [0.4, 0.5) is 5.82 Å². The molecule has 1 aromatic rings. The topological polar surface area (TPSA) is 67.3 Å². The van der Waals surface area contributed by atoms with E-state index in [0.717, 1.165) is 36.1 Å². The smallest absolute Gasteiger partial charge is 0.246 e. The van der Waals surface area contributed by atoms with Gasteiger partial charge in [0.25, 0.3) is 0 Å².